The van der Waals surface area contributed by atoms with Crippen LogP contribution >= 0.6 is 11.3 Å². The Morgan fingerprint density at radius 1 is 1.09 bits per heavy atom. The SMILES string of the molecule is CC(C(=O)Nc1sc2c(c1C#N)CCCCC2)N1CCN(C(=O)CN2CCOCC2)CC1. The third-order valence-electron chi connectivity index (χ3n) is 6.83. The van der Waals surface area contributed by atoms with Crippen LogP contribution in [-0.2, 0) is 27.2 Å². The van der Waals surface area contributed by atoms with Crippen molar-refractivity contribution in [2.45, 2.75) is 45.1 Å². The number of morpholine rings is 1. The molecule has 9 heteroatoms. The van der Waals surface area contributed by atoms with E-state index in [0.29, 0.717) is 56.5 Å². The van der Waals surface area contributed by atoms with Crippen molar-refractivity contribution in [3.05, 3.63) is 16.0 Å². The zero-order valence-electron chi connectivity index (χ0n) is 18.9. The number of hydrogen-bond acceptors (Lipinski definition) is 7. The number of carbonyl (C=O) groups excluding carboxylic acids is 2. The number of nitrogens with zero attached hydrogens (tertiary/aromatic N) is 4. The van der Waals surface area contributed by atoms with Gasteiger partial charge in [-0.2, -0.15) is 5.26 Å². The van der Waals surface area contributed by atoms with E-state index in [0.717, 1.165) is 44.3 Å². The van der Waals surface area contributed by atoms with Gasteiger partial charge in [0.1, 0.15) is 11.1 Å². The van der Waals surface area contributed by atoms with Gasteiger partial charge in [-0.15, -0.1) is 11.3 Å². The molecule has 4 rings (SSSR count). The van der Waals surface area contributed by atoms with Crippen LogP contribution in [0.1, 0.15) is 42.2 Å². The van der Waals surface area contributed by atoms with Gasteiger partial charge in [-0.05, 0) is 38.2 Å². The number of hydrogen-bond donors (Lipinski definition) is 1. The number of thiophene rings is 1. The lowest BCUT2D eigenvalue weighted by Crippen LogP contribution is -2.55. The van der Waals surface area contributed by atoms with E-state index in [9.17, 15) is 14.9 Å². The van der Waals surface area contributed by atoms with E-state index < -0.39 is 0 Å². The number of rotatable bonds is 5. The van der Waals surface area contributed by atoms with Gasteiger partial charge in [0.15, 0.2) is 0 Å². The number of nitriles is 1. The summed E-state index contributed by atoms with van der Waals surface area (Å²) < 4.78 is 5.35. The molecule has 1 atom stereocenters. The Morgan fingerprint density at radius 2 is 1.81 bits per heavy atom. The second kappa shape index (κ2) is 10.8. The maximum absolute atomic E-state index is 13.0. The fourth-order valence-corrected chi connectivity index (χ4v) is 5.98. The van der Waals surface area contributed by atoms with E-state index in [4.69, 9.17) is 4.74 Å². The highest BCUT2D eigenvalue weighted by molar-refractivity contribution is 7.16. The molecular weight excluding hydrogens is 426 g/mol. The average Bonchev–Trinajstić information content (AvgIpc) is 2.97. The lowest BCUT2D eigenvalue weighted by molar-refractivity contribution is -0.135. The van der Waals surface area contributed by atoms with E-state index >= 15 is 0 Å². The maximum atomic E-state index is 13.0. The lowest BCUT2D eigenvalue weighted by Gasteiger charge is -2.38. The predicted octanol–water partition coefficient (Wildman–Crippen LogP) is 1.69. The van der Waals surface area contributed by atoms with Gasteiger partial charge in [0.05, 0.1) is 31.4 Å². The first kappa shape index (κ1) is 23.2. The zero-order chi connectivity index (χ0) is 22.5. The molecule has 1 aromatic heterocycles. The number of nitrogens with one attached hydrogen (secondary N) is 1. The highest BCUT2D eigenvalue weighted by Crippen LogP contribution is 2.37. The first-order chi connectivity index (χ1) is 15.6. The van der Waals surface area contributed by atoms with E-state index in [1.165, 1.54) is 11.3 Å². The molecule has 2 fully saturated rings. The minimum absolute atomic E-state index is 0.0778. The molecule has 2 saturated heterocycles. The van der Waals surface area contributed by atoms with Crippen LogP contribution in [0.5, 0.6) is 0 Å². The lowest BCUT2D eigenvalue weighted by atomic mass is 10.1. The quantitative estimate of drug-likeness (QED) is 0.674. The number of piperazine rings is 1. The molecule has 0 spiro atoms. The van der Waals surface area contributed by atoms with Crippen molar-refractivity contribution in [1.29, 1.82) is 5.26 Å². The average molecular weight is 460 g/mol. The number of fused-ring (bicyclic) bond motifs is 1. The van der Waals surface area contributed by atoms with Crippen LogP contribution in [-0.4, -0.2) is 91.6 Å². The molecule has 1 unspecified atom stereocenters. The normalized spacial score (nSPS) is 21.3. The minimum Gasteiger partial charge on any atom is -0.379 e. The summed E-state index contributed by atoms with van der Waals surface area (Å²) in [6.45, 7) is 7.97. The smallest absolute Gasteiger partial charge is 0.242 e. The van der Waals surface area contributed by atoms with Crippen LogP contribution in [0.25, 0.3) is 0 Å². The van der Waals surface area contributed by atoms with Crippen LogP contribution in [0.4, 0.5) is 5.00 Å². The summed E-state index contributed by atoms with van der Waals surface area (Å²) in [4.78, 5) is 33.0. The molecule has 0 saturated carbocycles. The van der Waals surface area contributed by atoms with Crippen molar-refractivity contribution in [2.24, 2.45) is 0 Å². The van der Waals surface area contributed by atoms with Crippen LogP contribution in [0.3, 0.4) is 0 Å². The van der Waals surface area contributed by atoms with Gasteiger partial charge in [0.2, 0.25) is 11.8 Å². The Bertz CT molecular complexity index is 866. The number of amides is 2. The van der Waals surface area contributed by atoms with Crippen LogP contribution < -0.4 is 5.32 Å². The van der Waals surface area contributed by atoms with Gasteiger partial charge in [0.25, 0.3) is 0 Å². The Kier molecular flexibility index (Phi) is 7.79. The number of aryl methyl sites for hydroxylation is 1. The number of ether oxygens (including phenoxy) is 1. The van der Waals surface area contributed by atoms with Crippen molar-refractivity contribution in [1.82, 2.24) is 14.7 Å². The van der Waals surface area contributed by atoms with Crippen molar-refractivity contribution in [2.75, 3.05) is 64.3 Å². The monoisotopic (exact) mass is 459 g/mol. The number of anilines is 1. The summed E-state index contributed by atoms with van der Waals surface area (Å²) in [5, 5.41) is 13.4. The van der Waals surface area contributed by atoms with E-state index in [1.807, 2.05) is 11.8 Å². The highest BCUT2D eigenvalue weighted by atomic mass is 32.1. The van der Waals surface area contributed by atoms with Gasteiger partial charge in [-0.25, -0.2) is 0 Å². The Hall–Kier alpha value is -1.99. The third kappa shape index (κ3) is 5.31. The Morgan fingerprint density at radius 3 is 2.53 bits per heavy atom. The molecule has 32 heavy (non-hydrogen) atoms. The number of carbonyl (C=O) groups is 2. The molecule has 2 aliphatic heterocycles. The Labute approximate surface area is 194 Å². The first-order valence-corrected chi connectivity index (χ1v) is 12.6. The minimum atomic E-state index is -0.306. The van der Waals surface area contributed by atoms with Gasteiger partial charge in [-0.3, -0.25) is 19.4 Å². The molecule has 174 valence electrons. The topological polar surface area (TPSA) is 88.9 Å². The van der Waals surface area contributed by atoms with Gasteiger partial charge >= 0.3 is 0 Å². The van der Waals surface area contributed by atoms with E-state index in [-0.39, 0.29) is 17.9 Å². The van der Waals surface area contributed by atoms with E-state index in [1.54, 1.807) is 11.3 Å². The van der Waals surface area contributed by atoms with Gasteiger partial charge in [0, 0.05) is 44.1 Å². The summed E-state index contributed by atoms with van der Waals surface area (Å²) in [7, 11) is 0. The summed E-state index contributed by atoms with van der Waals surface area (Å²) in [6.07, 6.45) is 5.39. The summed E-state index contributed by atoms with van der Waals surface area (Å²) in [6, 6.07) is 2.03. The third-order valence-corrected chi connectivity index (χ3v) is 8.03. The van der Waals surface area contributed by atoms with Crippen molar-refractivity contribution < 1.29 is 14.3 Å². The molecule has 0 bridgehead atoms. The summed E-state index contributed by atoms with van der Waals surface area (Å²) in [5.74, 6) is 0.0772. The Balaban J connectivity index is 1.30. The first-order valence-electron chi connectivity index (χ1n) is 11.7. The molecular formula is C23H33N5O3S. The highest BCUT2D eigenvalue weighted by Gasteiger charge is 2.29. The molecule has 2 amide bonds. The fourth-order valence-electron chi connectivity index (χ4n) is 4.74. The second-order valence-electron chi connectivity index (χ2n) is 8.85. The largest absolute Gasteiger partial charge is 0.379 e. The zero-order valence-corrected chi connectivity index (χ0v) is 19.7. The van der Waals surface area contributed by atoms with E-state index in [2.05, 4.69) is 21.2 Å². The van der Waals surface area contributed by atoms with Crippen molar-refractivity contribution in [3.8, 4) is 6.07 Å². The van der Waals surface area contributed by atoms with Crippen LogP contribution in [0, 0.1) is 11.3 Å². The summed E-state index contributed by atoms with van der Waals surface area (Å²) in [5.41, 5.74) is 1.80. The van der Waals surface area contributed by atoms with Crippen LogP contribution in [0.2, 0.25) is 0 Å². The van der Waals surface area contributed by atoms with Gasteiger partial charge in [-0.1, -0.05) is 6.42 Å². The molecule has 1 aliphatic carbocycles. The standard InChI is InChI=1S/C23H33N5O3S/c1-17(22(30)25-23-19(15-24)18-5-3-2-4-6-20(18)32-23)27-7-9-28(10-8-27)21(29)16-26-11-13-31-14-12-26/h17H,2-14,16H2,1H3,(H,25,30). The fraction of sp³-hybridized carbons (Fsp3) is 0.696. The molecule has 8 nitrogen and oxygen atoms in total. The maximum Gasteiger partial charge on any atom is 0.242 e. The molecule has 3 heterocycles. The molecule has 3 aliphatic rings. The summed E-state index contributed by atoms with van der Waals surface area (Å²) >= 11 is 1.57. The van der Waals surface area contributed by atoms with Gasteiger partial charge < -0.3 is 15.0 Å². The van der Waals surface area contributed by atoms with Crippen molar-refractivity contribution >= 4 is 28.2 Å². The predicted molar refractivity (Wildman–Crippen MR) is 124 cm³/mol. The molecule has 1 aromatic rings. The molecule has 1 N–H and O–H groups in total. The van der Waals surface area contributed by atoms with Crippen molar-refractivity contribution in [3.63, 3.8) is 0 Å². The van der Waals surface area contributed by atoms with Crippen LogP contribution in [0.15, 0.2) is 0 Å². The molecule has 0 aromatic carbocycles. The molecule has 0 radical (unpaired) electrons. The second-order valence-corrected chi connectivity index (χ2v) is 9.96.